The maximum absolute atomic E-state index is 12.6. The van der Waals surface area contributed by atoms with Crippen LogP contribution in [0.1, 0.15) is 41.0 Å². The number of carbonyl (C=O) groups excluding carboxylic acids is 1. The Morgan fingerprint density at radius 3 is 1.60 bits per heavy atom. The van der Waals surface area contributed by atoms with Crippen LogP contribution in [0.5, 0.6) is 0 Å². The van der Waals surface area contributed by atoms with Crippen LogP contribution >= 0.6 is 0 Å². The zero-order valence-corrected chi connectivity index (χ0v) is 18.3. The molecule has 0 aromatic rings. The first-order chi connectivity index (χ1) is 9.22. The Balaban J connectivity index is 5.34. The van der Waals surface area contributed by atoms with Gasteiger partial charge in [-0.3, -0.25) is 0 Å². The third kappa shape index (κ3) is 4.90. The fourth-order valence-electron chi connectivity index (χ4n) is 3.81. The predicted molar refractivity (Wildman–Crippen MR) is 96.8 cm³/mol. The zero-order chi connectivity index (χ0) is 16.0. The van der Waals surface area contributed by atoms with Crippen molar-refractivity contribution < 1.29 is 4.79 Å². The van der Waals surface area contributed by atoms with E-state index < -0.39 is 21.3 Å². The average molecular weight is 360 g/mol. The molecule has 1 amide bonds. The van der Waals surface area contributed by atoms with Crippen LogP contribution in [0.15, 0.2) is 0 Å². The number of hydrogen-bond donors (Lipinski definition) is 0. The Labute approximate surface area is 131 Å². The molecule has 0 aliphatic rings. The second kappa shape index (κ2) is 8.62. The summed E-state index contributed by atoms with van der Waals surface area (Å²) in [6, 6.07) is 0. The monoisotopic (exact) mass is 361 g/mol. The molecule has 0 fully saturated rings. The second-order valence-electron chi connectivity index (χ2n) is 7.11. The van der Waals surface area contributed by atoms with Crippen LogP contribution in [-0.2, 0) is 4.79 Å². The van der Waals surface area contributed by atoms with E-state index in [1.54, 1.807) is 0 Å². The van der Waals surface area contributed by atoms with E-state index in [1.165, 1.54) is 15.8 Å². The van der Waals surface area contributed by atoms with Gasteiger partial charge in [0.05, 0.1) is 0 Å². The first-order valence-corrected chi connectivity index (χ1v) is 17.7. The maximum atomic E-state index is 12.6. The van der Waals surface area contributed by atoms with Crippen molar-refractivity contribution in [1.82, 2.24) is 4.90 Å². The molecule has 1 unspecified atom stereocenters. The number of nitrogens with zero attached hydrogens (tertiary/aromatic N) is 1. The van der Waals surface area contributed by atoms with Gasteiger partial charge < -0.3 is 0 Å². The van der Waals surface area contributed by atoms with Crippen LogP contribution in [0, 0.1) is 0 Å². The van der Waals surface area contributed by atoms with Crippen molar-refractivity contribution in [3.05, 3.63) is 0 Å². The van der Waals surface area contributed by atoms with Gasteiger partial charge in [-0.1, -0.05) is 0 Å². The van der Waals surface area contributed by atoms with Gasteiger partial charge in [0.1, 0.15) is 0 Å². The fraction of sp³-hybridized carbons (Fsp3) is 0.938. The van der Waals surface area contributed by atoms with E-state index in [0.717, 1.165) is 23.9 Å². The molecular weight excluding hydrogens is 323 g/mol. The normalized spacial score (nSPS) is 14.2. The molecule has 0 aromatic carbocycles. The third-order valence-electron chi connectivity index (χ3n) is 5.39. The van der Waals surface area contributed by atoms with Crippen LogP contribution in [0.2, 0.25) is 39.8 Å². The average Bonchev–Trinajstić information content (AvgIpc) is 2.40. The molecule has 0 saturated heterocycles. The Kier molecular flexibility index (Phi) is 8.72. The van der Waals surface area contributed by atoms with Crippen molar-refractivity contribution in [2.75, 3.05) is 13.1 Å². The van der Waals surface area contributed by atoms with Crippen molar-refractivity contribution in [1.29, 1.82) is 0 Å². The van der Waals surface area contributed by atoms with E-state index in [9.17, 15) is 4.79 Å². The number of carbonyl (C=O) groups is 1. The summed E-state index contributed by atoms with van der Waals surface area (Å²) < 4.78 is 0.774. The molecule has 0 spiro atoms. The molecule has 0 rings (SSSR count). The summed E-state index contributed by atoms with van der Waals surface area (Å²) in [5, 5.41) is 4.15. The van der Waals surface area contributed by atoms with Gasteiger partial charge in [-0.15, -0.1) is 0 Å². The van der Waals surface area contributed by atoms with E-state index >= 15 is 0 Å². The van der Waals surface area contributed by atoms with Gasteiger partial charge in [0.25, 0.3) is 0 Å². The topological polar surface area (TPSA) is 20.3 Å². The Bertz CT molecular complexity index is 285. The van der Waals surface area contributed by atoms with Crippen LogP contribution in [0.25, 0.3) is 0 Å². The predicted octanol–water partition coefficient (Wildman–Crippen LogP) is 5.00. The van der Waals surface area contributed by atoms with Gasteiger partial charge in [0.2, 0.25) is 0 Å². The van der Waals surface area contributed by atoms with Gasteiger partial charge in [0, 0.05) is 0 Å². The number of rotatable bonds is 9. The van der Waals surface area contributed by atoms with Gasteiger partial charge in [-0.25, -0.2) is 0 Å². The van der Waals surface area contributed by atoms with Crippen molar-refractivity contribution in [3.8, 4) is 0 Å². The minimum atomic E-state index is -1.88. The van der Waals surface area contributed by atoms with Crippen LogP contribution < -0.4 is 0 Å². The first-order valence-electron chi connectivity index (χ1n) is 8.50. The molecule has 0 aliphatic heterocycles. The fourth-order valence-corrected chi connectivity index (χ4v) is 28.7. The van der Waals surface area contributed by atoms with E-state index in [2.05, 4.69) is 54.3 Å². The summed E-state index contributed by atoms with van der Waals surface area (Å²) in [6.07, 6.45) is 0.840. The molecule has 20 heavy (non-hydrogen) atoms. The molecule has 0 N–H and O–H groups in total. The summed E-state index contributed by atoms with van der Waals surface area (Å²) in [5.41, 5.74) is 0. The Morgan fingerprint density at radius 2 is 1.35 bits per heavy atom. The molecule has 0 aromatic heterocycles. The zero-order valence-electron chi connectivity index (χ0n) is 15.2. The molecule has 4 heteroatoms. The van der Waals surface area contributed by atoms with E-state index in [-0.39, 0.29) is 0 Å². The first kappa shape index (κ1) is 20.2. The van der Waals surface area contributed by atoms with Crippen LogP contribution in [0.3, 0.4) is 0 Å². The molecule has 0 heterocycles. The summed E-state index contributed by atoms with van der Waals surface area (Å²) in [5.74, 6) is 0.410. The molecule has 0 radical (unpaired) electrons. The molecule has 0 aliphatic carbocycles. The van der Waals surface area contributed by atoms with Crippen molar-refractivity contribution >= 4 is 27.2 Å². The molecular formula is C16H37GeNOSi. The standard InChI is InChI=1S/C16H37GeNOSi/c1-9-17(10-2,11-3)15(20(6,7)8)14-16(19)18(12-4)13-5/h15H,9-14H2,1-8H3. The van der Waals surface area contributed by atoms with Gasteiger partial charge in [-0.05, 0) is 0 Å². The summed E-state index contributed by atoms with van der Waals surface area (Å²) >= 11 is -1.88. The van der Waals surface area contributed by atoms with Crippen molar-refractivity contribution in [2.45, 2.75) is 80.8 Å². The minimum absolute atomic E-state index is 0.410. The number of amides is 1. The van der Waals surface area contributed by atoms with Crippen LogP contribution in [-0.4, -0.2) is 45.2 Å². The SMILES string of the molecule is CCN(CC)C(=O)C[CH]([Si](C)(C)C)[Ge]([CH2]C)([CH2]C)[CH2]C. The van der Waals surface area contributed by atoms with E-state index in [0.29, 0.717) is 5.91 Å². The molecule has 0 bridgehead atoms. The van der Waals surface area contributed by atoms with Gasteiger partial charge >= 0.3 is 131 Å². The van der Waals surface area contributed by atoms with Crippen molar-refractivity contribution in [3.63, 3.8) is 0 Å². The van der Waals surface area contributed by atoms with E-state index in [4.69, 9.17) is 0 Å². The molecule has 120 valence electrons. The molecule has 0 saturated carbocycles. The van der Waals surface area contributed by atoms with Gasteiger partial charge in [0.15, 0.2) is 0 Å². The summed E-state index contributed by atoms with van der Waals surface area (Å²) in [4.78, 5) is 14.7. The Morgan fingerprint density at radius 1 is 0.950 bits per heavy atom. The molecule has 2 nitrogen and oxygen atoms in total. The van der Waals surface area contributed by atoms with E-state index in [1.807, 2.05) is 4.90 Å². The third-order valence-corrected chi connectivity index (χ3v) is 28.7. The summed E-state index contributed by atoms with van der Waals surface area (Å²) in [7, 11) is -1.28. The molecule has 1 atom stereocenters. The summed E-state index contributed by atoms with van der Waals surface area (Å²) in [6.45, 7) is 20.5. The van der Waals surface area contributed by atoms with Crippen LogP contribution in [0.4, 0.5) is 0 Å². The quantitative estimate of drug-likeness (QED) is 0.530. The second-order valence-corrected chi connectivity index (χ2v) is 25.4. The van der Waals surface area contributed by atoms with Gasteiger partial charge in [-0.2, -0.15) is 0 Å². The van der Waals surface area contributed by atoms with Crippen molar-refractivity contribution in [2.24, 2.45) is 0 Å². The number of hydrogen-bond acceptors (Lipinski definition) is 1. The Hall–Kier alpha value is 0.230.